The van der Waals surface area contributed by atoms with Crippen LogP contribution in [0, 0.1) is 13.8 Å². The normalized spacial score (nSPS) is 10.7. The quantitative estimate of drug-likeness (QED) is 0.733. The molecule has 0 radical (unpaired) electrons. The molecule has 0 N–H and O–H groups in total. The van der Waals surface area contributed by atoms with Crippen molar-refractivity contribution in [3.8, 4) is 0 Å². The summed E-state index contributed by atoms with van der Waals surface area (Å²) in [4.78, 5) is 8.25. The van der Waals surface area contributed by atoms with Gasteiger partial charge in [0.15, 0.2) is 0 Å². The smallest absolute Gasteiger partial charge is 0.0952 e. The van der Waals surface area contributed by atoms with E-state index in [2.05, 4.69) is 26.0 Å². The van der Waals surface area contributed by atoms with Crippen LogP contribution in [0.1, 0.15) is 11.4 Å². The Labute approximate surface area is 83.2 Å². The van der Waals surface area contributed by atoms with Crippen LogP contribution in [0.2, 0.25) is 0 Å². The molecule has 0 spiro atoms. The highest BCUT2D eigenvalue weighted by atomic mass is 15.1. The third kappa shape index (κ3) is 1.69. The summed E-state index contributed by atoms with van der Waals surface area (Å²) in [7, 11) is 0. The van der Waals surface area contributed by atoms with Gasteiger partial charge in [-0.05, 0) is 13.8 Å². The first-order valence-corrected chi connectivity index (χ1v) is 4.71. The molecule has 0 saturated heterocycles. The van der Waals surface area contributed by atoms with Gasteiger partial charge < -0.3 is 9.13 Å². The van der Waals surface area contributed by atoms with Crippen LogP contribution in [0.4, 0.5) is 0 Å². The van der Waals surface area contributed by atoms with E-state index in [0.29, 0.717) is 0 Å². The Bertz CT molecular complexity index is 400. The fourth-order valence-electron chi connectivity index (χ4n) is 1.41. The molecule has 0 aliphatic rings. The predicted octanol–water partition coefficient (Wildman–Crippen LogP) is 1.40. The maximum absolute atomic E-state index is 4.25. The molecule has 74 valence electrons. The average molecular weight is 190 g/mol. The van der Waals surface area contributed by atoms with Crippen molar-refractivity contribution in [2.24, 2.45) is 0 Å². The van der Waals surface area contributed by atoms with Gasteiger partial charge in [0.1, 0.15) is 0 Å². The molecule has 2 aromatic rings. The minimum Gasteiger partial charge on any atom is -0.336 e. The van der Waals surface area contributed by atoms with E-state index in [-0.39, 0.29) is 0 Å². The minimum atomic E-state index is 0.941. The topological polar surface area (TPSA) is 35.6 Å². The molecule has 14 heavy (non-hydrogen) atoms. The first-order valence-electron chi connectivity index (χ1n) is 4.71. The van der Waals surface area contributed by atoms with Crippen LogP contribution in [0.5, 0.6) is 0 Å². The predicted molar refractivity (Wildman–Crippen MR) is 53.9 cm³/mol. The van der Waals surface area contributed by atoms with E-state index in [4.69, 9.17) is 0 Å². The van der Waals surface area contributed by atoms with E-state index in [1.165, 1.54) is 5.69 Å². The van der Waals surface area contributed by atoms with Gasteiger partial charge in [-0.1, -0.05) is 0 Å². The third-order valence-electron chi connectivity index (χ3n) is 2.50. The Balaban J connectivity index is 2.02. The molecule has 0 saturated carbocycles. The molecule has 0 fully saturated rings. The molecule has 0 aromatic carbocycles. The molecular formula is C10H14N4. The van der Waals surface area contributed by atoms with Crippen molar-refractivity contribution < 1.29 is 0 Å². The molecule has 4 heteroatoms. The lowest BCUT2D eigenvalue weighted by molar-refractivity contribution is 0.569. The summed E-state index contributed by atoms with van der Waals surface area (Å²) in [5.41, 5.74) is 2.35. The summed E-state index contributed by atoms with van der Waals surface area (Å²) >= 11 is 0. The van der Waals surface area contributed by atoms with Gasteiger partial charge in [0.2, 0.25) is 0 Å². The Morgan fingerprint density at radius 3 is 2.64 bits per heavy atom. The van der Waals surface area contributed by atoms with Crippen molar-refractivity contribution in [3.05, 3.63) is 36.4 Å². The van der Waals surface area contributed by atoms with E-state index < -0.39 is 0 Å². The Morgan fingerprint density at radius 1 is 1.21 bits per heavy atom. The third-order valence-corrected chi connectivity index (χ3v) is 2.50. The lowest BCUT2D eigenvalue weighted by Crippen LogP contribution is -2.06. The van der Waals surface area contributed by atoms with Crippen molar-refractivity contribution >= 4 is 0 Å². The lowest BCUT2D eigenvalue weighted by Gasteiger charge is -2.05. The molecule has 0 bridgehead atoms. The van der Waals surface area contributed by atoms with E-state index in [0.717, 1.165) is 18.8 Å². The van der Waals surface area contributed by atoms with Crippen LogP contribution < -0.4 is 0 Å². The number of hydrogen-bond acceptors (Lipinski definition) is 2. The van der Waals surface area contributed by atoms with Gasteiger partial charge in [0.25, 0.3) is 0 Å². The van der Waals surface area contributed by atoms with Crippen LogP contribution in [-0.2, 0) is 13.1 Å². The number of hydrogen-bond donors (Lipinski definition) is 0. The zero-order chi connectivity index (χ0) is 9.97. The van der Waals surface area contributed by atoms with E-state index in [1.807, 2.05) is 25.8 Å². The monoisotopic (exact) mass is 190 g/mol. The zero-order valence-corrected chi connectivity index (χ0v) is 8.51. The summed E-state index contributed by atoms with van der Waals surface area (Å²) in [5.74, 6) is 0. The second-order valence-corrected chi connectivity index (χ2v) is 3.41. The fourth-order valence-corrected chi connectivity index (χ4v) is 1.41. The van der Waals surface area contributed by atoms with E-state index in [1.54, 1.807) is 6.20 Å². The minimum absolute atomic E-state index is 0.941. The average Bonchev–Trinajstić information content (AvgIpc) is 2.77. The molecule has 0 aliphatic carbocycles. The molecular weight excluding hydrogens is 176 g/mol. The Kier molecular flexibility index (Phi) is 2.35. The van der Waals surface area contributed by atoms with Gasteiger partial charge in [0, 0.05) is 31.2 Å². The molecule has 4 nitrogen and oxygen atoms in total. The zero-order valence-electron chi connectivity index (χ0n) is 8.51. The van der Waals surface area contributed by atoms with Gasteiger partial charge in [0.05, 0.1) is 18.3 Å². The number of nitrogens with zero attached hydrogens (tertiary/aromatic N) is 4. The first kappa shape index (κ1) is 8.99. The molecule has 0 atom stereocenters. The van der Waals surface area contributed by atoms with Crippen LogP contribution in [-0.4, -0.2) is 19.1 Å². The molecule has 2 aromatic heterocycles. The van der Waals surface area contributed by atoms with Crippen LogP contribution in [0.15, 0.2) is 25.0 Å². The van der Waals surface area contributed by atoms with Crippen LogP contribution >= 0.6 is 0 Å². The summed E-state index contributed by atoms with van der Waals surface area (Å²) in [6.07, 6.45) is 7.49. The van der Waals surface area contributed by atoms with Crippen molar-refractivity contribution in [3.63, 3.8) is 0 Å². The number of aromatic nitrogens is 4. The standard InChI is InChI=1S/C10H14N4/c1-9-10(2)14(8-12-9)6-5-13-4-3-11-7-13/h3-4,7-8H,5-6H2,1-2H3. The summed E-state index contributed by atoms with van der Waals surface area (Å²) in [5, 5.41) is 0. The van der Waals surface area contributed by atoms with Gasteiger partial charge in [-0.2, -0.15) is 0 Å². The van der Waals surface area contributed by atoms with E-state index in [9.17, 15) is 0 Å². The van der Waals surface area contributed by atoms with Crippen LogP contribution in [0.3, 0.4) is 0 Å². The number of imidazole rings is 2. The maximum Gasteiger partial charge on any atom is 0.0952 e. The second kappa shape index (κ2) is 3.65. The number of aryl methyl sites for hydroxylation is 3. The van der Waals surface area contributed by atoms with Gasteiger partial charge >= 0.3 is 0 Å². The second-order valence-electron chi connectivity index (χ2n) is 3.41. The SMILES string of the molecule is Cc1ncn(CCn2ccnc2)c1C. The number of rotatable bonds is 3. The van der Waals surface area contributed by atoms with Crippen LogP contribution in [0.25, 0.3) is 0 Å². The molecule has 2 rings (SSSR count). The van der Waals surface area contributed by atoms with Crippen molar-refractivity contribution in [1.29, 1.82) is 0 Å². The fraction of sp³-hybridized carbons (Fsp3) is 0.400. The van der Waals surface area contributed by atoms with Gasteiger partial charge in [-0.25, -0.2) is 9.97 Å². The largest absolute Gasteiger partial charge is 0.336 e. The maximum atomic E-state index is 4.25. The van der Waals surface area contributed by atoms with Crippen molar-refractivity contribution in [1.82, 2.24) is 19.1 Å². The summed E-state index contributed by atoms with van der Waals surface area (Å²) < 4.78 is 4.23. The molecule has 2 heterocycles. The molecule has 0 unspecified atom stereocenters. The Hall–Kier alpha value is -1.58. The highest BCUT2D eigenvalue weighted by Crippen LogP contribution is 2.04. The molecule has 0 aliphatic heterocycles. The Morgan fingerprint density at radius 2 is 2.07 bits per heavy atom. The van der Waals surface area contributed by atoms with Gasteiger partial charge in [-0.3, -0.25) is 0 Å². The highest BCUT2D eigenvalue weighted by molar-refractivity contribution is 5.08. The highest BCUT2D eigenvalue weighted by Gasteiger charge is 2.00. The van der Waals surface area contributed by atoms with Gasteiger partial charge in [-0.15, -0.1) is 0 Å². The van der Waals surface area contributed by atoms with Crippen molar-refractivity contribution in [2.75, 3.05) is 0 Å². The lowest BCUT2D eigenvalue weighted by atomic mass is 10.4. The van der Waals surface area contributed by atoms with Crippen molar-refractivity contribution in [2.45, 2.75) is 26.9 Å². The summed E-state index contributed by atoms with van der Waals surface area (Å²) in [6, 6.07) is 0. The van der Waals surface area contributed by atoms with E-state index >= 15 is 0 Å². The summed E-state index contributed by atoms with van der Waals surface area (Å²) in [6.45, 7) is 6.01. The first-order chi connectivity index (χ1) is 6.77. The molecule has 0 amide bonds.